The zero-order valence-corrected chi connectivity index (χ0v) is 20.5. The van der Waals surface area contributed by atoms with Crippen molar-refractivity contribution in [3.8, 4) is 0 Å². The van der Waals surface area contributed by atoms with Crippen LogP contribution in [0.25, 0.3) is 0 Å². The van der Waals surface area contributed by atoms with E-state index in [0.717, 1.165) is 56.4 Å². The fourth-order valence-corrected chi connectivity index (χ4v) is 5.63. The minimum atomic E-state index is -0.693. The second-order valence-corrected chi connectivity index (χ2v) is 10.1. The summed E-state index contributed by atoms with van der Waals surface area (Å²) in [5.41, 5.74) is 0.854. The van der Waals surface area contributed by atoms with Crippen molar-refractivity contribution in [1.82, 2.24) is 5.06 Å². The minimum Gasteiger partial charge on any atom is -0.442 e. The van der Waals surface area contributed by atoms with Crippen LogP contribution < -0.4 is 9.80 Å². The van der Waals surface area contributed by atoms with Gasteiger partial charge in [0, 0.05) is 19.0 Å². The second kappa shape index (κ2) is 11.0. The number of benzene rings is 1. The maximum absolute atomic E-state index is 14.9. The molecule has 196 valence electrons. The summed E-state index contributed by atoms with van der Waals surface area (Å²) < 4.78 is 25.8. The lowest BCUT2D eigenvalue weighted by Crippen LogP contribution is -2.43. The SMILES string of the molecule is O=C(ON(CC1CN(c2ccc(N3CCOCC3)c(F)c2)C(=O)O1)C(=O)C1CCCC1)C1CCCC1. The maximum atomic E-state index is 14.9. The van der Waals surface area contributed by atoms with Gasteiger partial charge in [0.15, 0.2) is 0 Å². The quantitative estimate of drug-likeness (QED) is 0.548. The van der Waals surface area contributed by atoms with Crippen molar-refractivity contribution < 1.29 is 33.1 Å². The molecule has 0 radical (unpaired) electrons. The predicted molar refractivity (Wildman–Crippen MR) is 129 cm³/mol. The van der Waals surface area contributed by atoms with Crippen molar-refractivity contribution in [1.29, 1.82) is 0 Å². The van der Waals surface area contributed by atoms with Gasteiger partial charge in [-0.05, 0) is 43.9 Å². The van der Waals surface area contributed by atoms with Crippen LogP contribution in [-0.2, 0) is 23.9 Å². The number of nitrogens with zero attached hydrogens (tertiary/aromatic N) is 3. The Labute approximate surface area is 210 Å². The molecule has 10 heteroatoms. The number of morpholine rings is 1. The smallest absolute Gasteiger partial charge is 0.414 e. The van der Waals surface area contributed by atoms with Gasteiger partial charge in [0.2, 0.25) is 0 Å². The van der Waals surface area contributed by atoms with Gasteiger partial charge in [-0.2, -0.15) is 5.06 Å². The van der Waals surface area contributed by atoms with Crippen LogP contribution in [0.1, 0.15) is 51.4 Å². The standard InChI is InChI=1S/C26H34FN3O6/c27-22-15-20(9-10-23(22)28-11-13-34-14-12-28)29-16-21(35-26(29)33)17-30(24(31)18-5-1-2-6-18)36-25(32)19-7-3-4-8-19/h9-10,15,18-19,21H,1-8,11-14,16-17H2. The zero-order valence-electron chi connectivity index (χ0n) is 20.5. The first kappa shape index (κ1) is 24.8. The van der Waals surface area contributed by atoms with E-state index in [0.29, 0.717) is 37.7 Å². The van der Waals surface area contributed by atoms with Gasteiger partial charge in [0.25, 0.3) is 5.91 Å². The Morgan fingerprint density at radius 1 is 1.03 bits per heavy atom. The van der Waals surface area contributed by atoms with Crippen molar-refractivity contribution in [3.05, 3.63) is 24.0 Å². The molecule has 0 bridgehead atoms. The molecule has 2 amide bonds. The first-order chi connectivity index (χ1) is 17.5. The molecule has 2 saturated carbocycles. The summed E-state index contributed by atoms with van der Waals surface area (Å²) in [7, 11) is 0. The third-order valence-electron chi connectivity index (χ3n) is 7.68. The minimum absolute atomic E-state index is 0.0373. The molecule has 0 spiro atoms. The Morgan fingerprint density at radius 3 is 2.36 bits per heavy atom. The van der Waals surface area contributed by atoms with Crippen LogP contribution >= 0.6 is 0 Å². The number of carbonyl (C=O) groups excluding carboxylic acids is 3. The lowest BCUT2D eigenvalue weighted by molar-refractivity contribution is -0.207. The Hall–Kier alpha value is -2.88. The van der Waals surface area contributed by atoms with Crippen LogP contribution in [0, 0.1) is 17.7 Å². The average molecular weight is 504 g/mol. The van der Waals surface area contributed by atoms with Crippen molar-refractivity contribution >= 4 is 29.3 Å². The maximum Gasteiger partial charge on any atom is 0.414 e. The largest absolute Gasteiger partial charge is 0.442 e. The normalized spacial score (nSPS) is 23.2. The summed E-state index contributed by atoms with van der Waals surface area (Å²) in [5.74, 6) is -1.42. The van der Waals surface area contributed by atoms with E-state index in [4.69, 9.17) is 14.3 Å². The molecule has 9 nitrogen and oxygen atoms in total. The lowest BCUT2D eigenvalue weighted by Gasteiger charge is -2.29. The van der Waals surface area contributed by atoms with E-state index < -0.39 is 18.0 Å². The number of cyclic esters (lactones) is 1. The van der Waals surface area contributed by atoms with Gasteiger partial charge in [0.05, 0.1) is 43.6 Å². The van der Waals surface area contributed by atoms with E-state index in [1.54, 1.807) is 12.1 Å². The van der Waals surface area contributed by atoms with Crippen LogP contribution in [0.4, 0.5) is 20.6 Å². The number of carbonyl (C=O) groups is 3. The van der Waals surface area contributed by atoms with Gasteiger partial charge < -0.3 is 19.2 Å². The first-order valence-corrected chi connectivity index (χ1v) is 13.1. The highest BCUT2D eigenvalue weighted by Gasteiger charge is 2.39. The van der Waals surface area contributed by atoms with E-state index >= 15 is 0 Å². The van der Waals surface area contributed by atoms with Crippen LogP contribution in [0.15, 0.2) is 18.2 Å². The third-order valence-corrected chi connectivity index (χ3v) is 7.68. The van der Waals surface area contributed by atoms with Crippen molar-refractivity contribution in [3.63, 3.8) is 0 Å². The topological polar surface area (TPSA) is 88.6 Å². The van der Waals surface area contributed by atoms with E-state index in [-0.39, 0.29) is 36.8 Å². The predicted octanol–water partition coefficient (Wildman–Crippen LogP) is 3.65. The highest BCUT2D eigenvalue weighted by atomic mass is 19.1. The molecule has 1 aromatic rings. The molecule has 1 atom stereocenters. The summed E-state index contributed by atoms with van der Waals surface area (Å²) in [6.45, 7) is 2.39. The first-order valence-electron chi connectivity index (χ1n) is 13.1. The number of rotatable bonds is 6. The molecule has 0 aromatic heterocycles. The third kappa shape index (κ3) is 5.43. The van der Waals surface area contributed by atoms with Crippen LogP contribution in [0.2, 0.25) is 0 Å². The highest BCUT2D eigenvalue weighted by molar-refractivity contribution is 5.90. The second-order valence-electron chi connectivity index (χ2n) is 10.1. The number of amides is 2. The van der Waals surface area contributed by atoms with Gasteiger partial charge in [0.1, 0.15) is 11.9 Å². The summed E-state index contributed by atoms with van der Waals surface area (Å²) in [5, 5.41) is 1.13. The zero-order chi connectivity index (χ0) is 25.1. The van der Waals surface area contributed by atoms with E-state index in [9.17, 15) is 18.8 Å². The van der Waals surface area contributed by atoms with Crippen LogP contribution in [0.3, 0.4) is 0 Å². The molecule has 4 aliphatic rings. The van der Waals surface area contributed by atoms with Gasteiger partial charge >= 0.3 is 12.1 Å². The van der Waals surface area contributed by atoms with Crippen LogP contribution in [0.5, 0.6) is 0 Å². The number of halogens is 1. The van der Waals surface area contributed by atoms with Crippen molar-refractivity contribution in [2.75, 3.05) is 49.2 Å². The molecule has 1 aromatic carbocycles. The van der Waals surface area contributed by atoms with Gasteiger partial charge in [-0.15, -0.1) is 0 Å². The summed E-state index contributed by atoms with van der Waals surface area (Å²) >= 11 is 0. The fourth-order valence-electron chi connectivity index (χ4n) is 5.63. The Morgan fingerprint density at radius 2 is 1.69 bits per heavy atom. The van der Waals surface area contributed by atoms with Crippen molar-refractivity contribution in [2.24, 2.45) is 11.8 Å². The average Bonchev–Trinajstić information content (AvgIpc) is 3.66. The molecule has 1 unspecified atom stereocenters. The van der Waals surface area contributed by atoms with Gasteiger partial charge in [-0.3, -0.25) is 9.69 Å². The summed E-state index contributed by atoms with van der Waals surface area (Å²) in [4.78, 5) is 47.4. The summed E-state index contributed by atoms with van der Waals surface area (Å²) in [6.07, 6.45) is 5.65. The van der Waals surface area contributed by atoms with Gasteiger partial charge in [-0.25, -0.2) is 14.0 Å². The molecule has 2 heterocycles. The Balaban J connectivity index is 1.26. The fraction of sp³-hybridized carbons (Fsp3) is 0.654. The molecule has 5 rings (SSSR count). The number of ether oxygens (including phenoxy) is 2. The number of anilines is 2. The number of hydrogen-bond acceptors (Lipinski definition) is 7. The highest BCUT2D eigenvalue weighted by Crippen LogP contribution is 2.31. The monoisotopic (exact) mass is 503 g/mol. The lowest BCUT2D eigenvalue weighted by atomic mass is 10.1. The number of hydroxylamine groups is 2. The van der Waals surface area contributed by atoms with Crippen molar-refractivity contribution in [2.45, 2.75) is 57.5 Å². The molecular formula is C26H34FN3O6. The molecule has 0 N–H and O–H groups in total. The molecule has 4 fully saturated rings. The molecule has 2 saturated heterocycles. The van der Waals surface area contributed by atoms with E-state index in [1.165, 1.54) is 11.0 Å². The van der Waals surface area contributed by atoms with E-state index in [2.05, 4.69) is 0 Å². The van der Waals surface area contributed by atoms with Crippen LogP contribution in [-0.4, -0.2) is 68.5 Å². The molecular weight excluding hydrogens is 469 g/mol. The molecule has 2 aliphatic carbocycles. The van der Waals surface area contributed by atoms with Gasteiger partial charge in [-0.1, -0.05) is 25.7 Å². The molecule has 36 heavy (non-hydrogen) atoms. The number of hydrogen-bond donors (Lipinski definition) is 0. The van der Waals surface area contributed by atoms with E-state index in [1.807, 2.05) is 4.90 Å². The summed E-state index contributed by atoms with van der Waals surface area (Å²) in [6, 6.07) is 4.69. The molecule has 2 aliphatic heterocycles. The Bertz CT molecular complexity index is 972. The Kier molecular flexibility index (Phi) is 7.59.